The van der Waals surface area contributed by atoms with Crippen molar-refractivity contribution >= 4 is 11.6 Å². The van der Waals surface area contributed by atoms with Crippen molar-refractivity contribution in [3.8, 4) is 0 Å². The smallest absolute Gasteiger partial charge is 0.133 e. The number of aliphatic hydroxyl groups is 1. The minimum absolute atomic E-state index is 0.0691. The van der Waals surface area contributed by atoms with E-state index in [0.29, 0.717) is 11.6 Å². The normalized spacial score (nSPS) is 17.9. The van der Waals surface area contributed by atoms with E-state index >= 15 is 0 Å². The minimum atomic E-state index is -0.253. The van der Waals surface area contributed by atoms with Gasteiger partial charge < -0.3 is 15.4 Å². The lowest BCUT2D eigenvalue weighted by molar-refractivity contribution is 0.275. The fourth-order valence-corrected chi connectivity index (χ4v) is 2.52. The van der Waals surface area contributed by atoms with Crippen molar-refractivity contribution in [2.75, 3.05) is 6.61 Å². The van der Waals surface area contributed by atoms with Gasteiger partial charge in [0.15, 0.2) is 0 Å². The summed E-state index contributed by atoms with van der Waals surface area (Å²) < 4.78 is 2.07. The fraction of sp³-hybridized carbons (Fsp3) is 0.727. The number of hydrogen-bond acceptors (Lipinski definition) is 3. The van der Waals surface area contributed by atoms with E-state index in [-0.39, 0.29) is 12.6 Å². The number of nitrogens with zero attached hydrogens (tertiary/aromatic N) is 2. The first-order valence-electron chi connectivity index (χ1n) is 5.85. The molecule has 2 heterocycles. The fourth-order valence-electron chi connectivity index (χ4n) is 2.16. The van der Waals surface area contributed by atoms with Crippen LogP contribution in [0.25, 0.3) is 0 Å². The first kappa shape index (κ1) is 11.9. The Bertz CT molecular complexity index is 364. The Balaban J connectivity index is 2.27. The average molecular weight is 244 g/mol. The van der Waals surface area contributed by atoms with Crippen LogP contribution in [-0.2, 0) is 13.0 Å². The highest BCUT2D eigenvalue weighted by molar-refractivity contribution is 6.30. The molecule has 0 spiro atoms. The SMILES string of the molecule is NC(CCO)c1nc2n(c1Cl)CCCCC2. The maximum Gasteiger partial charge on any atom is 0.133 e. The van der Waals surface area contributed by atoms with E-state index in [1.54, 1.807) is 0 Å². The topological polar surface area (TPSA) is 64.1 Å². The van der Waals surface area contributed by atoms with Crippen LogP contribution in [0.15, 0.2) is 0 Å². The first-order chi connectivity index (χ1) is 7.74. The van der Waals surface area contributed by atoms with Gasteiger partial charge in [-0.15, -0.1) is 0 Å². The average Bonchev–Trinajstić information content (AvgIpc) is 2.47. The highest BCUT2D eigenvalue weighted by Crippen LogP contribution is 2.27. The summed E-state index contributed by atoms with van der Waals surface area (Å²) in [5, 5.41) is 9.54. The summed E-state index contributed by atoms with van der Waals surface area (Å²) in [5.41, 5.74) is 6.68. The zero-order chi connectivity index (χ0) is 11.5. The lowest BCUT2D eigenvalue weighted by atomic mass is 10.2. The monoisotopic (exact) mass is 243 g/mol. The number of aliphatic hydroxyl groups excluding tert-OH is 1. The number of rotatable bonds is 3. The lowest BCUT2D eigenvalue weighted by Gasteiger charge is -2.08. The second kappa shape index (κ2) is 5.17. The van der Waals surface area contributed by atoms with Crippen molar-refractivity contribution < 1.29 is 5.11 Å². The van der Waals surface area contributed by atoms with Gasteiger partial charge in [-0.3, -0.25) is 0 Å². The summed E-state index contributed by atoms with van der Waals surface area (Å²) >= 11 is 6.28. The van der Waals surface area contributed by atoms with Crippen LogP contribution in [-0.4, -0.2) is 21.3 Å². The lowest BCUT2D eigenvalue weighted by Crippen LogP contribution is -2.13. The summed E-state index contributed by atoms with van der Waals surface area (Å²) in [5.74, 6) is 1.05. The van der Waals surface area contributed by atoms with Crippen molar-refractivity contribution in [2.45, 2.75) is 44.7 Å². The first-order valence-corrected chi connectivity index (χ1v) is 6.23. The van der Waals surface area contributed by atoms with Crippen LogP contribution in [0.2, 0.25) is 5.15 Å². The molecule has 1 unspecified atom stereocenters. The molecule has 0 saturated heterocycles. The highest BCUT2D eigenvalue weighted by Gasteiger charge is 2.21. The van der Waals surface area contributed by atoms with Crippen molar-refractivity contribution in [1.82, 2.24) is 9.55 Å². The van der Waals surface area contributed by atoms with Gasteiger partial charge in [0.25, 0.3) is 0 Å². The van der Waals surface area contributed by atoms with E-state index < -0.39 is 0 Å². The van der Waals surface area contributed by atoms with Gasteiger partial charge in [0.05, 0.1) is 11.7 Å². The molecule has 1 aromatic heterocycles. The number of aryl methyl sites for hydroxylation is 1. The molecular formula is C11H18ClN3O. The molecule has 0 radical (unpaired) electrons. The molecule has 0 fully saturated rings. The molecule has 5 heteroatoms. The van der Waals surface area contributed by atoms with Gasteiger partial charge in [-0.1, -0.05) is 18.0 Å². The summed E-state index contributed by atoms with van der Waals surface area (Å²) in [4.78, 5) is 4.52. The second-order valence-corrected chi connectivity index (χ2v) is 4.64. The van der Waals surface area contributed by atoms with Crippen LogP contribution in [0.3, 0.4) is 0 Å². The van der Waals surface area contributed by atoms with Gasteiger partial charge in [0, 0.05) is 19.6 Å². The zero-order valence-electron chi connectivity index (χ0n) is 9.32. The van der Waals surface area contributed by atoms with Gasteiger partial charge >= 0.3 is 0 Å². The van der Waals surface area contributed by atoms with Crippen LogP contribution in [0, 0.1) is 0 Å². The maximum atomic E-state index is 8.88. The largest absolute Gasteiger partial charge is 0.396 e. The van der Waals surface area contributed by atoms with Crippen LogP contribution < -0.4 is 5.73 Å². The number of aromatic nitrogens is 2. The highest BCUT2D eigenvalue weighted by atomic mass is 35.5. The molecule has 1 atom stereocenters. The zero-order valence-corrected chi connectivity index (χ0v) is 10.1. The number of hydrogen-bond donors (Lipinski definition) is 2. The third kappa shape index (κ3) is 2.24. The van der Waals surface area contributed by atoms with Gasteiger partial charge in [-0.05, 0) is 19.3 Å². The van der Waals surface area contributed by atoms with E-state index in [0.717, 1.165) is 30.9 Å². The quantitative estimate of drug-likeness (QED) is 0.849. The molecule has 1 aliphatic heterocycles. The molecule has 16 heavy (non-hydrogen) atoms. The van der Waals surface area contributed by atoms with E-state index in [1.165, 1.54) is 12.8 Å². The van der Waals surface area contributed by atoms with Crippen LogP contribution in [0.5, 0.6) is 0 Å². The minimum Gasteiger partial charge on any atom is -0.396 e. The van der Waals surface area contributed by atoms with E-state index in [1.807, 2.05) is 0 Å². The van der Waals surface area contributed by atoms with Crippen molar-refractivity contribution in [3.05, 3.63) is 16.7 Å². The van der Waals surface area contributed by atoms with Crippen LogP contribution in [0.1, 0.15) is 43.2 Å². The van der Waals surface area contributed by atoms with Gasteiger partial charge in [0.2, 0.25) is 0 Å². The van der Waals surface area contributed by atoms with E-state index in [2.05, 4.69) is 9.55 Å². The predicted octanol–water partition coefficient (Wildman–Crippen LogP) is 1.65. The molecule has 2 rings (SSSR count). The number of nitrogens with two attached hydrogens (primary N) is 1. The number of imidazole rings is 1. The number of halogens is 1. The van der Waals surface area contributed by atoms with E-state index in [4.69, 9.17) is 22.4 Å². The Morgan fingerprint density at radius 3 is 3.00 bits per heavy atom. The molecule has 0 amide bonds. The summed E-state index contributed by atoms with van der Waals surface area (Å²) in [7, 11) is 0. The van der Waals surface area contributed by atoms with Gasteiger partial charge in [-0.2, -0.15) is 0 Å². The summed E-state index contributed by atoms with van der Waals surface area (Å²) in [6.45, 7) is 1.01. The molecule has 90 valence electrons. The Morgan fingerprint density at radius 1 is 1.44 bits per heavy atom. The van der Waals surface area contributed by atoms with Gasteiger partial charge in [-0.25, -0.2) is 4.98 Å². The third-order valence-electron chi connectivity index (χ3n) is 3.08. The molecule has 1 aliphatic rings. The summed E-state index contributed by atoms with van der Waals surface area (Å²) in [6.07, 6.45) is 5.04. The molecule has 0 bridgehead atoms. The standard InChI is InChI=1S/C11H18ClN3O/c12-11-10(8(13)5-7-16)14-9-4-2-1-3-6-15(9)11/h8,16H,1-7,13H2. The van der Waals surface area contributed by atoms with Gasteiger partial charge in [0.1, 0.15) is 11.0 Å². The molecular weight excluding hydrogens is 226 g/mol. The third-order valence-corrected chi connectivity index (χ3v) is 3.48. The molecule has 3 N–H and O–H groups in total. The number of fused-ring (bicyclic) bond motifs is 1. The van der Waals surface area contributed by atoms with E-state index in [9.17, 15) is 0 Å². The van der Waals surface area contributed by atoms with Crippen molar-refractivity contribution in [3.63, 3.8) is 0 Å². The van der Waals surface area contributed by atoms with Crippen molar-refractivity contribution in [1.29, 1.82) is 0 Å². The molecule has 0 saturated carbocycles. The second-order valence-electron chi connectivity index (χ2n) is 4.29. The Hall–Kier alpha value is -0.580. The Morgan fingerprint density at radius 2 is 2.25 bits per heavy atom. The molecule has 0 aliphatic carbocycles. The Kier molecular flexibility index (Phi) is 3.84. The maximum absolute atomic E-state index is 8.88. The summed E-state index contributed by atoms with van der Waals surface area (Å²) in [6, 6.07) is -0.253. The van der Waals surface area contributed by atoms with Crippen LogP contribution in [0.4, 0.5) is 0 Å². The molecule has 0 aromatic carbocycles. The molecule has 4 nitrogen and oxygen atoms in total. The van der Waals surface area contributed by atoms with Crippen molar-refractivity contribution in [2.24, 2.45) is 5.73 Å². The Labute approximate surface area is 100 Å². The predicted molar refractivity (Wildman–Crippen MR) is 63.4 cm³/mol. The van der Waals surface area contributed by atoms with Crippen LogP contribution >= 0.6 is 11.6 Å². The molecule has 1 aromatic rings.